The molecule has 0 amide bonds. The van der Waals surface area contributed by atoms with E-state index >= 15 is 0 Å². The Kier molecular flexibility index (Phi) is 4.45. The fourth-order valence-corrected chi connectivity index (χ4v) is 3.41. The molecule has 0 unspecified atom stereocenters. The number of benzene rings is 2. The molecule has 0 saturated heterocycles. The van der Waals surface area contributed by atoms with Crippen LogP contribution < -0.4 is 4.74 Å². The van der Waals surface area contributed by atoms with Crippen LogP contribution in [-0.4, -0.2) is 23.0 Å². The Morgan fingerprint density at radius 1 is 1.35 bits per heavy atom. The summed E-state index contributed by atoms with van der Waals surface area (Å²) in [7, 11) is 1.48. The second-order valence-electron chi connectivity index (χ2n) is 4.73. The monoisotopic (exact) mass is 389 g/mol. The number of hydrogen-bond donors (Lipinski definition) is 1. The van der Waals surface area contributed by atoms with Crippen molar-refractivity contribution < 1.29 is 14.6 Å². The summed E-state index contributed by atoms with van der Waals surface area (Å²) in [5.41, 5.74) is 1.50. The molecule has 0 spiro atoms. The number of carbonyl (C=O) groups excluding carboxylic acids is 1. The molecule has 1 N–H and O–H groups in total. The number of methoxy groups -OCH3 is 1. The summed E-state index contributed by atoms with van der Waals surface area (Å²) in [4.78, 5) is 16.6. The second-order valence-corrected chi connectivity index (χ2v) is 6.61. The number of ether oxygens (including phenoxy) is 1. The molecule has 6 heteroatoms. The highest BCUT2D eigenvalue weighted by Gasteiger charge is 2.10. The number of carbonyl (C=O) groups is 1. The lowest BCUT2D eigenvalue weighted by atomic mass is 10.1. The summed E-state index contributed by atoms with van der Waals surface area (Å²) < 4.78 is 6.73. The Hall–Kier alpha value is -2.18. The molecule has 0 aliphatic rings. The number of rotatable bonds is 4. The third-order valence-electron chi connectivity index (χ3n) is 3.22. The number of ketones is 1. The van der Waals surface area contributed by atoms with Gasteiger partial charge in [0.1, 0.15) is 0 Å². The lowest BCUT2D eigenvalue weighted by Gasteiger charge is -2.06. The van der Waals surface area contributed by atoms with Gasteiger partial charge in [0.25, 0.3) is 0 Å². The SMILES string of the molecule is COc1cc(Br)c(/C=C/C(=O)c2nc3ccccc3s2)cc1O. The molecule has 3 rings (SSSR count). The van der Waals surface area contributed by atoms with Gasteiger partial charge in [-0.2, -0.15) is 0 Å². The maximum Gasteiger partial charge on any atom is 0.214 e. The summed E-state index contributed by atoms with van der Waals surface area (Å²) in [5.74, 6) is 0.211. The molecule has 0 bridgehead atoms. The molecule has 3 aromatic rings. The van der Waals surface area contributed by atoms with E-state index in [0.717, 1.165) is 14.7 Å². The van der Waals surface area contributed by atoms with Crippen molar-refractivity contribution in [2.45, 2.75) is 0 Å². The Morgan fingerprint density at radius 3 is 2.87 bits per heavy atom. The third-order valence-corrected chi connectivity index (χ3v) is 4.95. The maximum absolute atomic E-state index is 12.3. The minimum absolute atomic E-state index is 0.0165. The van der Waals surface area contributed by atoms with Gasteiger partial charge < -0.3 is 9.84 Å². The van der Waals surface area contributed by atoms with E-state index in [1.807, 2.05) is 24.3 Å². The quantitative estimate of drug-likeness (QED) is 0.520. The molecular weight excluding hydrogens is 378 g/mol. The van der Waals surface area contributed by atoms with Gasteiger partial charge >= 0.3 is 0 Å². The molecule has 1 aromatic heterocycles. The van der Waals surface area contributed by atoms with Crippen LogP contribution >= 0.6 is 27.3 Å². The van der Waals surface area contributed by atoms with Gasteiger partial charge in [-0.05, 0) is 42.0 Å². The van der Waals surface area contributed by atoms with E-state index in [1.54, 1.807) is 12.1 Å². The highest BCUT2D eigenvalue weighted by atomic mass is 79.9. The zero-order chi connectivity index (χ0) is 16.4. The molecule has 0 atom stereocenters. The lowest BCUT2D eigenvalue weighted by Crippen LogP contribution is -1.92. The molecule has 116 valence electrons. The molecule has 23 heavy (non-hydrogen) atoms. The van der Waals surface area contributed by atoms with Crippen LogP contribution in [0.2, 0.25) is 0 Å². The van der Waals surface area contributed by atoms with Gasteiger partial charge in [0.2, 0.25) is 5.78 Å². The number of phenolic OH excluding ortho intramolecular Hbond substituents is 1. The van der Waals surface area contributed by atoms with Crippen molar-refractivity contribution in [3.8, 4) is 11.5 Å². The lowest BCUT2D eigenvalue weighted by molar-refractivity contribution is 0.104. The Morgan fingerprint density at radius 2 is 2.13 bits per heavy atom. The Balaban J connectivity index is 1.87. The first-order valence-electron chi connectivity index (χ1n) is 6.73. The minimum atomic E-state index is -0.173. The van der Waals surface area contributed by atoms with Crippen molar-refractivity contribution >= 4 is 49.3 Å². The van der Waals surface area contributed by atoms with Crippen LogP contribution in [0.5, 0.6) is 11.5 Å². The van der Waals surface area contributed by atoms with Gasteiger partial charge in [0, 0.05) is 4.47 Å². The van der Waals surface area contributed by atoms with Crippen LogP contribution in [0.1, 0.15) is 15.4 Å². The molecule has 0 aliphatic carbocycles. The van der Waals surface area contributed by atoms with Crippen molar-refractivity contribution in [3.63, 3.8) is 0 Å². The number of phenols is 1. The van der Waals surface area contributed by atoms with E-state index in [2.05, 4.69) is 20.9 Å². The maximum atomic E-state index is 12.3. The highest BCUT2D eigenvalue weighted by Crippen LogP contribution is 2.33. The van der Waals surface area contributed by atoms with E-state index in [0.29, 0.717) is 16.3 Å². The molecule has 2 aromatic carbocycles. The predicted octanol–water partition coefficient (Wildman–Crippen LogP) is 4.67. The van der Waals surface area contributed by atoms with E-state index < -0.39 is 0 Å². The summed E-state index contributed by atoms with van der Waals surface area (Å²) in [6, 6.07) is 10.8. The number of thiazole rings is 1. The molecule has 0 fully saturated rings. The van der Waals surface area contributed by atoms with E-state index in [9.17, 15) is 9.90 Å². The van der Waals surface area contributed by atoms with E-state index in [1.165, 1.54) is 30.6 Å². The van der Waals surface area contributed by atoms with Gasteiger partial charge in [-0.1, -0.05) is 28.1 Å². The van der Waals surface area contributed by atoms with Gasteiger partial charge in [-0.3, -0.25) is 4.79 Å². The second kappa shape index (κ2) is 6.52. The van der Waals surface area contributed by atoms with Crippen LogP contribution in [0.4, 0.5) is 0 Å². The van der Waals surface area contributed by atoms with Crippen LogP contribution in [0.15, 0.2) is 46.9 Å². The average Bonchev–Trinajstić information content (AvgIpc) is 2.99. The van der Waals surface area contributed by atoms with Gasteiger partial charge in [0.05, 0.1) is 17.3 Å². The summed E-state index contributed by atoms with van der Waals surface area (Å²) in [6.07, 6.45) is 3.08. The fourth-order valence-electron chi connectivity index (χ4n) is 2.07. The minimum Gasteiger partial charge on any atom is -0.504 e. The van der Waals surface area contributed by atoms with Crippen molar-refractivity contribution in [1.29, 1.82) is 0 Å². The summed E-state index contributed by atoms with van der Waals surface area (Å²) in [6.45, 7) is 0. The molecule has 0 aliphatic heterocycles. The first-order chi connectivity index (χ1) is 11.1. The van der Waals surface area contributed by atoms with Crippen LogP contribution in [0.3, 0.4) is 0 Å². The van der Waals surface area contributed by atoms with Crippen LogP contribution in [-0.2, 0) is 0 Å². The van der Waals surface area contributed by atoms with Crippen molar-refractivity contribution in [1.82, 2.24) is 4.98 Å². The number of aromatic hydroxyl groups is 1. The van der Waals surface area contributed by atoms with Crippen molar-refractivity contribution in [2.24, 2.45) is 0 Å². The van der Waals surface area contributed by atoms with Gasteiger partial charge in [-0.25, -0.2) is 4.98 Å². The number of allylic oxidation sites excluding steroid dienone is 1. The predicted molar refractivity (Wildman–Crippen MR) is 95.3 cm³/mol. The summed E-state index contributed by atoms with van der Waals surface area (Å²) >= 11 is 4.75. The first kappa shape index (κ1) is 15.7. The molecule has 1 heterocycles. The Bertz CT molecular complexity index is 884. The van der Waals surface area contributed by atoms with Crippen LogP contribution in [0.25, 0.3) is 16.3 Å². The number of nitrogens with zero attached hydrogens (tertiary/aromatic N) is 1. The van der Waals surface area contributed by atoms with Crippen LogP contribution in [0, 0.1) is 0 Å². The highest BCUT2D eigenvalue weighted by molar-refractivity contribution is 9.10. The number of aromatic nitrogens is 1. The van der Waals surface area contributed by atoms with Crippen molar-refractivity contribution in [3.05, 3.63) is 57.5 Å². The summed E-state index contributed by atoms with van der Waals surface area (Å²) in [5, 5.41) is 10.3. The smallest absolute Gasteiger partial charge is 0.214 e. The van der Waals surface area contributed by atoms with Gasteiger partial charge in [0.15, 0.2) is 16.5 Å². The molecular formula is C17H12BrNO3S. The zero-order valence-electron chi connectivity index (χ0n) is 12.1. The number of fused-ring (bicyclic) bond motifs is 1. The average molecular weight is 390 g/mol. The largest absolute Gasteiger partial charge is 0.504 e. The number of hydrogen-bond acceptors (Lipinski definition) is 5. The zero-order valence-corrected chi connectivity index (χ0v) is 14.5. The topological polar surface area (TPSA) is 59.4 Å². The number of halogens is 1. The number of para-hydroxylation sites is 1. The van der Waals surface area contributed by atoms with E-state index in [-0.39, 0.29) is 11.5 Å². The van der Waals surface area contributed by atoms with Gasteiger partial charge in [-0.15, -0.1) is 11.3 Å². The Labute approximate surface area is 145 Å². The fraction of sp³-hybridized carbons (Fsp3) is 0.0588. The first-order valence-corrected chi connectivity index (χ1v) is 8.34. The molecule has 0 saturated carbocycles. The van der Waals surface area contributed by atoms with Crippen molar-refractivity contribution in [2.75, 3.05) is 7.11 Å². The molecule has 0 radical (unpaired) electrons. The standard InChI is InChI=1S/C17H12BrNO3S/c1-22-15-9-11(18)10(8-14(15)21)6-7-13(20)17-19-12-4-2-3-5-16(12)23-17/h2-9,21H,1H3/b7-6+. The van der Waals surface area contributed by atoms with E-state index in [4.69, 9.17) is 4.74 Å². The third kappa shape index (κ3) is 3.28. The molecule has 4 nitrogen and oxygen atoms in total. The normalized spacial score (nSPS) is 11.2.